The van der Waals surface area contributed by atoms with E-state index in [2.05, 4.69) is 15.3 Å². The number of nitrogens with one attached hydrogen (secondary N) is 1. The molecule has 1 aromatic heterocycles. The van der Waals surface area contributed by atoms with E-state index in [4.69, 9.17) is 9.47 Å². The Bertz CT molecular complexity index is 764. The van der Waals surface area contributed by atoms with Gasteiger partial charge in [-0.1, -0.05) is 19.1 Å². The summed E-state index contributed by atoms with van der Waals surface area (Å²) in [5.74, 6) is 0.392. The van der Waals surface area contributed by atoms with Gasteiger partial charge in [0, 0.05) is 31.4 Å². The Morgan fingerprint density at radius 1 is 1.26 bits per heavy atom. The Labute approximate surface area is 157 Å². The molecule has 2 heterocycles. The number of morpholine rings is 1. The van der Waals surface area contributed by atoms with Gasteiger partial charge in [0.25, 0.3) is 5.91 Å². The number of halogens is 1. The van der Waals surface area contributed by atoms with E-state index in [1.54, 1.807) is 18.2 Å². The van der Waals surface area contributed by atoms with Crippen LogP contribution in [0.1, 0.15) is 18.2 Å². The van der Waals surface area contributed by atoms with Crippen LogP contribution in [0.3, 0.4) is 0 Å². The monoisotopic (exact) mass is 374 g/mol. The zero-order chi connectivity index (χ0) is 19.1. The third-order valence-corrected chi connectivity index (χ3v) is 4.15. The van der Waals surface area contributed by atoms with Crippen molar-refractivity contribution in [2.75, 3.05) is 37.8 Å². The second-order valence-electron chi connectivity index (χ2n) is 6.14. The normalized spacial score (nSPS) is 14.1. The van der Waals surface area contributed by atoms with Crippen molar-refractivity contribution in [3.8, 4) is 5.88 Å². The van der Waals surface area contributed by atoms with E-state index in [0.29, 0.717) is 31.6 Å². The third-order valence-electron chi connectivity index (χ3n) is 4.15. The zero-order valence-corrected chi connectivity index (χ0v) is 15.3. The zero-order valence-electron chi connectivity index (χ0n) is 15.3. The van der Waals surface area contributed by atoms with Crippen molar-refractivity contribution >= 4 is 11.9 Å². The minimum Gasteiger partial charge on any atom is -0.467 e. The smallest absolute Gasteiger partial charge is 0.258 e. The molecule has 0 aliphatic carbocycles. The fourth-order valence-corrected chi connectivity index (χ4v) is 2.61. The molecule has 1 aliphatic heterocycles. The number of hydrogen-bond acceptors (Lipinski definition) is 6. The Hall–Kier alpha value is -2.74. The summed E-state index contributed by atoms with van der Waals surface area (Å²) in [6, 6.07) is 7.72. The first kappa shape index (κ1) is 19.0. The molecule has 0 saturated carbocycles. The summed E-state index contributed by atoms with van der Waals surface area (Å²) in [6.45, 7) is 4.90. The Balaban J connectivity index is 1.56. The molecule has 0 unspecified atom stereocenters. The van der Waals surface area contributed by atoms with E-state index in [-0.39, 0.29) is 18.3 Å². The molecular formula is C19H23FN4O3. The predicted molar refractivity (Wildman–Crippen MR) is 98.2 cm³/mol. The largest absolute Gasteiger partial charge is 0.467 e. The number of aromatic nitrogens is 2. The summed E-state index contributed by atoms with van der Waals surface area (Å²) in [4.78, 5) is 23.0. The molecule has 1 aromatic carbocycles. The molecule has 1 aliphatic rings. The minimum atomic E-state index is -0.306. The van der Waals surface area contributed by atoms with Crippen molar-refractivity contribution in [2.45, 2.75) is 19.9 Å². The lowest BCUT2D eigenvalue weighted by Crippen LogP contribution is -2.37. The summed E-state index contributed by atoms with van der Waals surface area (Å²) >= 11 is 0. The summed E-state index contributed by atoms with van der Waals surface area (Å²) in [6.07, 6.45) is 0.743. The van der Waals surface area contributed by atoms with Crippen LogP contribution in [0.15, 0.2) is 30.3 Å². The van der Waals surface area contributed by atoms with Gasteiger partial charge in [0.15, 0.2) is 6.61 Å². The Morgan fingerprint density at radius 3 is 2.70 bits per heavy atom. The number of benzene rings is 1. The molecule has 2 aromatic rings. The maximum atomic E-state index is 12.9. The summed E-state index contributed by atoms with van der Waals surface area (Å²) in [7, 11) is 0. The number of amides is 1. The van der Waals surface area contributed by atoms with Gasteiger partial charge in [-0.3, -0.25) is 4.79 Å². The van der Waals surface area contributed by atoms with E-state index in [1.807, 2.05) is 11.8 Å². The molecule has 3 rings (SSSR count). The maximum absolute atomic E-state index is 12.9. The summed E-state index contributed by atoms with van der Waals surface area (Å²) in [5.41, 5.74) is 1.67. The van der Waals surface area contributed by atoms with Gasteiger partial charge < -0.3 is 19.7 Å². The van der Waals surface area contributed by atoms with Crippen LogP contribution in [0, 0.1) is 5.82 Å². The van der Waals surface area contributed by atoms with Crippen molar-refractivity contribution in [1.82, 2.24) is 15.3 Å². The van der Waals surface area contributed by atoms with Crippen molar-refractivity contribution in [2.24, 2.45) is 0 Å². The van der Waals surface area contributed by atoms with Crippen LogP contribution in [0.2, 0.25) is 0 Å². The highest BCUT2D eigenvalue weighted by Gasteiger charge is 2.16. The topological polar surface area (TPSA) is 76.6 Å². The van der Waals surface area contributed by atoms with Crippen LogP contribution >= 0.6 is 0 Å². The van der Waals surface area contributed by atoms with Crippen LogP contribution < -0.4 is 15.0 Å². The highest BCUT2D eigenvalue weighted by atomic mass is 19.1. The van der Waals surface area contributed by atoms with Crippen molar-refractivity contribution < 1.29 is 18.7 Å². The average molecular weight is 374 g/mol. The molecule has 1 N–H and O–H groups in total. The lowest BCUT2D eigenvalue weighted by Gasteiger charge is -2.27. The van der Waals surface area contributed by atoms with Crippen LogP contribution in [-0.4, -0.2) is 48.8 Å². The minimum absolute atomic E-state index is 0.149. The highest BCUT2D eigenvalue weighted by Crippen LogP contribution is 2.17. The van der Waals surface area contributed by atoms with Gasteiger partial charge in [-0.25, -0.2) is 9.37 Å². The summed E-state index contributed by atoms with van der Waals surface area (Å²) in [5, 5.41) is 2.74. The summed E-state index contributed by atoms with van der Waals surface area (Å²) < 4.78 is 23.8. The van der Waals surface area contributed by atoms with Gasteiger partial charge in [-0.05, 0) is 24.1 Å². The molecular weight excluding hydrogens is 351 g/mol. The van der Waals surface area contributed by atoms with E-state index in [9.17, 15) is 9.18 Å². The van der Waals surface area contributed by atoms with E-state index < -0.39 is 0 Å². The van der Waals surface area contributed by atoms with Gasteiger partial charge in [-0.2, -0.15) is 4.98 Å². The Kier molecular flexibility index (Phi) is 6.54. The standard InChI is InChI=1S/C19H23FN4O3/c1-2-16-11-18(23-19(22-16)24-7-9-26-10-8-24)27-13-17(25)21-12-14-3-5-15(20)6-4-14/h3-6,11H,2,7-10,12-13H2,1H3,(H,21,25). The van der Waals surface area contributed by atoms with Crippen LogP contribution in [-0.2, 0) is 22.5 Å². The molecule has 1 amide bonds. The molecule has 0 radical (unpaired) electrons. The number of rotatable bonds is 7. The fourth-order valence-electron chi connectivity index (χ4n) is 2.61. The number of carbonyl (C=O) groups excluding carboxylic acids is 1. The lowest BCUT2D eigenvalue weighted by molar-refractivity contribution is -0.123. The second-order valence-corrected chi connectivity index (χ2v) is 6.14. The van der Waals surface area contributed by atoms with E-state index >= 15 is 0 Å². The van der Waals surface area contributed by atoms with Crippen LogP contribution in [0.25, 0.3) is 0 Å². The van der Waals surface area contributed by atoms with Gasteiger partial charge in [0.05, 0.1) is 13.2 Å². The predicted octanol–water partition coefficient (Wildman–Crippen LogP) is 1.71. The first-order chi connectivity index (χ1) is 13.1. The number of ether oxygens (including phenoxy) is 2. The molecule has 1 saturated heterocycles. The molecule has 0 atom stereocenters. The average Bonchev–Trinajstić information content (AvgIpc) is 2.72. The fraction of sp³-hybridized carbons (Fsp3) is 0.421. The van der Waals surface area contributed by atoms with Crippen molar-refractivity contribution in [1.29, 1.82) is 0 Å². The first-order valence-electron chi connectivity index (χ1n) is 8.98. The Morgan fingerprint density at radius 2 is 2.00 bits per heavy atom. The van der Waals surface area contributed by atoms with E-state index in [0.717, 1.165) is 30.8 Å². The van der Waals surface area contributed by atoms with Crippen LogP contribution in [0.4, 0.5) is 10.3 Å². The molecule has 144 valence electrons. The molecule has 1 fully saturated rings. The van der Waals surface area contributed by atoms with E-state index in [1.165, 1.54) is 12.1 Å². The lowest BCUT2D eigenvalue weighted by atomic mass is 10.2. The van der Waals surface area contributed by atoms with Gasteiger partial charge in [0.2, 0.25) is 11.8 Å². The van der Waals surface area contributed by atoms with Gasteiger partial charge >= 0.3 is 0 Å². The number of carbonyl (C=O) groups is 1. The number of nitrogens with zero attached hydrogens (tertiary/aromatic N) is 3. The molecule has 0 bridgehead atoms. The molecule has 27 heavy (non-hydrogen) atoms. The first-order valence-corrected chi connectivity index (χ1v) is 8.98. The SMILES string of the molecule is CCc1cc(OCC(=O)NCc2ccc(F)cc2)nc(N2CCOCC2)n1. The number of aryl methyl sites for hydroxylation is 1. The quantitative estimate of drug-likeness (QED) is 0.795. The van der Waals surface area contributed by atoms with Gasteiger partial charge in [0.1, 0.15) is 5.82 Å². The molecule has 0 spiro atoms. The molecule has 7 nitrogen and oxygen atoms in total. The van der Waals surface area contributed by atoms with Crippen LogP contribution in [0.5, 0.6) is 5.88 Å². The van der Waals surface area contributed by atoms with Gasteiger partial charge in [-0.15, -0.1) is 0 Å². The third kappa shape index (κ3) is 5.62. The maximum Gasteiger partial charge on any atom is 0.258 e. The number of hydrogen-bond donors (Lipinski definition) is 1. The number of anilines is 1. The second kappa shape index (κ2) is 9.27. The highest BCUT2D eigenvalue weighted by molar-refractivity contribution is 5.77. The molecule has 8 heteroatoms. The van der Waals surface area contributed by atoms with Crippen molar-refractivity contribution in [3.63, 3.8) is 0 Å². The van der Waals surface area contributed by atoms with Crippen molar-refractivity contribution in [3.05, 3.63) is 47.4 Å².